The van der Waals surface area contributed by atoms with Crippen molar-refractivity contribution < 1.29 is 14.8 Å². The van der Waals surface area contributed by atoms with Gasteiger partial charge in [0.05, 0.1) is 11.0 Å². The highest BCUT2D eigenvalue weighted by molar-refractivity contribution is 5.66. The van der Waals surface area contributed by atoms with E-state index in [1.807, 2.05) is 13.8 Å². The second kappa shape index (κ2) is 5.64. The van der Waals surface area contributed by atoms with Crippen molar-refractivity contribution in [3.63, 3.8) is 0 Å². The van der Waals surface area contributed by atoms with E-state index in [1.165, 1.54) is 12.3 Å². The lowest BCUT2D eigenvalue weighted by atomic mass is 9.98. The maximum atomic E-state index is 10.8. The standard InChI is InChI=1S/C12H17N3O4/c1-8-7-13-10(6-9(8)15(18)19)14-12(2,3)5-4-11(16)17/h6-7H,4-5H2,1-3H3,(H,13,14)(H,16,17). The zero-order chi connectivity index (χ0) is 14.6. The van der Waals surface area contributed by atoms with Crippen LogP contribution in [0.5, 0.6) is 0 Å². The summed E-state index contributed by atoms with van der Waals surface area (Å²) < 4.78 is 0. The summed E-state index contributed by atoms with van der Waals surface area (Å²) in [7, 11) is 0. The SMILES string of the molecule is Cc1cnc(NC(C)(C)CCC(=O)O)cc1[N+](=O)[O-]. The van der Waals surface area contributed by atoms with Crippen LogP contribution < -0.4 is 5.32 Å². The molecule has 19 heavy (non-hydrogen) atoms. The molecule has 0 amide bonds. The molecule has 0 unspecified atom stereocenters. The molecule has 7 heteroatoms. The number of hydrogen-bond acceptors (Lipinski definition) is 5. The summed E-state index contributed by atoms with van der Waals surface area (Å²) in [6.07, 6.45) is 1.84. The summed E-state index contributed by atoms with van der Waals surface area (Å²) in [6.45, 7) is 5.26. The molecule has 0 aromatic carbocycles. The van der Waals surface area contributed by atoms with Gasteiger partial charge in [-0.05, 0) is 27.2 Å². The average Bonchev–Trinajstić information content (AvgIpc) is 2.28. The van der Waals surface area contributed by atoms with E-state index in [0.717, 1.165) is 0 Å². The minimum absolute atomic E-state index is 0.00784. The summed E-state index contributed by atoms with van der Waals surface area (Å²) in [5.74, 6) is -0.509. The number of hydrogen-bond donors (Lipinski definition) is 2. The number of rotatable bonds is 6. The number of pyridine rings is 1. The normalized spacial score (nSPS) is 11.1. The van der Waals surface area contributed by atoms with Crippen molar-refractivity contribution in [3.8, 4) is 0 Å². The van der Waals surface area contributed by atoms with Gasteiger partial charge >= 0.3 is 5.97 Å². The number of nitrogens with one attached hydrogen (secondary N) is 1. The second-order valence-corrected chi connectivity index (χ2v) is 5.02. The predicted molar refractivity (Wildman–Crippen MR) is 70.2 cm³/mol. The van der Waals surface area contributed by atoms with Crippen LogP contribution >= 0.6 is 0 Å². The Morgan fingerprint density at radius 3 is 2.74 bits per heavy atom. The van der Waals surface area contributed by atoms with Crippen LogP contribution in [0, 0.1) is 17.0 Å². The van der Waals surface area contributed by atoms with Gasteiger partial charge in [0.15, 0.2) is 0 Å². The smallest absolute Gasteiger partial charge is 0.303 e. The first-order chi connectivity index (χ1) is 8.71. The Morgan fingerprint density at radius 2 is 2.21 bits per heavy atom. The van der Waals surface area contributed by atoms with E-state index in [-0.39, 0.29) is 12.1 Å². The number of carboxylic acid groups (broad SMARTS) is 1. The molecule has 0 aliphatic rings. The fourth-order valence-electron chi connectivity index (χ4n) is 1.61. The Kier molecular flexibility index (Phi) is 4.42. The third kappa shape index (κ3) is 4.53. The van der Waals surface area contributed by atoms with Gasteiger partial charge in [0, 0.05) is 23.7 Å². The topological polar surface area (TPSA) is 105 Å². The summed E-state index contributed by atoms with van der Waals surface area (Å²) in [6, 6.07) is 1.36. The highest BCUT2D eigenvalue weighted by atomic mass is 16.6. The molecule has 0 radical (unpaired) electrons. The van der Waals surface area contributed by atoms with Crippen LogP contribution in [0.3, 0.4) is 0 Å². The summed E-state index contributed by atoms with van der Waals surface area (Å²) >= 11 is 0. The molecule has 0 aliphatic carbocycles. The van der Waals surface area contributed by atoms with E-state index in [4.69, 9.17) is 5.11 Å². The lowest BCUT2D eigenvalue weighted by molar-refractivity contribution is -0.385. The number of carbonyl (C=O) groups is 1. The van der Waals surface area contributed by atoms with Gasteiger partial charge in [0.25, 0.3) is 5.69 Å². The average molecular weight is 267 g/mol. The third-order valence-electron chi connectivity index (χ3n) is 2.70. The quantitative estimate of drug-likeness (QED) is 0.605. The fraction of sp³-hybridized carbons (Fsp3) is 0.500. The summed E-state index contributed by atoms with van der Waals surface area (Å²) in [5.41, 5.74) is -0.0282. The van der Waals surface area contributed by atoms with Crippen molar-refractivity contribution in [2.24, 2.45) is 0 Å². The first-order valence-corrected chi connectivity index (χ1v) is 5.82. The Hall–Kier alpha value is -2.18. The zero-order valence-electron chi connectivity index (χ0n) is 11.1. The Morgan fingerprint density at radius 1 is 1.58 bits per heavy atom. The van der Waals surface area contributed by atoms with Crippen molar-refractivity contribution in [1.82, 2.24) is 4.98 Å². The van der Waals surface area contributed by atoms with E-state index in [2.05, 4.69) is 10.3 Å². The molecular formula is C12H17N3O4. The molecule has 0 fully saturated rings. The molecule has 7 nitrogen and oxygen atoms in total. The number of nitro groups is 1. The molecule has 0 bridgehead atoms. The van der Waals surface area contributed by atoms with Crippen LogP contribution in [0.1, 0.15) is 32.3 Å². The van der Waals surface area contributed by atoms with Crippen LogP contribution in [-0.4, -0.2) is 26.5 Å². The monoisotopic (exact) mass is 267 g/mol. The van der Waals surface area contributed by atoms with Crippen molar-refractivity contribution in [3.05, 3.63) is 27.9 Å². The van der Waals surface area contributed by atoms with Gasteiger partial charge in [-0.2, -0.15) is 0 Å². The van der Waals surface area contributed by atoms with E-state index in [0.29, 0.717) is 17.8 Å². The number of anilines is 1. The van der Waals surface area contributed by atoms with Crippen LogP contribution in [0.4, 0.5) is 11.5 Å². The molecule has 1 aromatic rings. The van der Waals surface area contributed by atoms with Gasteiger partial charge in [0.1, 0.15) is 5.82 Å². The van der Waals surface area contributed by atoms with Gasteiger partial charge in [-0.15, -0.1) is 0 Å². The van der Waals surface area contributed by atoms with Crippen LogP contribution in [0.2, 0.25) is 0 Å². The molecule has 0 saturated carbocycles. The molecule has 1 aromatic heterocycles. The number of aromatic nitrogens is 1. The Balaban J connectivity index is 2.84. The molecule has 1 rings (SSSR count). The van der Waals surface area contributed by atoms with Crippen LogP contribution in [0.15, 0.2) is 12.3 Å². The number of carboxylic acids is 1. The molecule has 0 aliphatic heterocycles. The molecule has 2 N–H and O–H groups in total. The molecular weight excluding hydrogens is 250 g/mol. The lowest BCUT2D eigenvalue weighted by Gasteiger charge is -2.26. The van der Waals surface area contributed by atoms with Crippen LogP contribution in [0.25, 0.3) is 0 Å². The Bertz CT molecular complexity index is 500. The third-order valence-corrected chi connectivity index (χ3v) is 2.70. The van der Waals surface area contributed by atoms with Gasteiger partial charge in [-0.3, -0.25) is 14.9 Å². The first-order valence-electron chi connectivity index (χ1n) is 5.82. The highest BCUT2D eigenvalue weighted by Gasteiger charge is 2.21. The molecule has 0 atom stereocenters. The predicted octanol–water partition coefficient (Wildman–Crippen LogP) is 2.35. The number of aryl methyl sites for hydroxylation is 1. The molecule has 104 valence electrons. The maximum Gasteiger partial charge on any atom is 0.303 e. The van der Waals surface area contributed by atoms with Crippen molar-refractivity contribution in [2.75, 3.05) is 5.32 Å². The minimum atomic E-state index is -0.877. The van der Waals surface area contributed by atoms with E-state index in [1.54, 1.807) is 6.92 Å². The summed E-state index contributed by atoms with van der Waals surface area (Å²) in [5, 5.41) is 22.5. The highest BCUT2D eigenvalue weighted by Crippen LogP contribution is 2.23. The van der Waals surface area contributed by atoms with E-state index < -0.39 is 16.4 Å². The number of nitrogens with zero attached hydrogens (tertiary/aromatic N) is 2. The first kappa shape index (κ1) is 14.9. The van der Waals surface area contributed by atoms with Gasteiger partial charge in [-0.25, -0.2) is 4.98 Å². The fourth-order valence-corrected chi connectivity index (χ4v) is 1.61. The van der Waals surface area contributed by atoms with E-state index in [9.17, 15) is 14.9 Å². The maximum absolute atomic E-state index is 10.8. The Labute approximate surface area is 110 Å². The largest absolute Gasteiger partial charge is 0.481 e. The van der Waals surface area contributed by atoms with Gasteiger partial charge in [-0.1, -0.05) is 0 Å². The van der Waals surface area contributed by atoms with Crippen LogP contribution in [-0.2, 0) is 4.79 Å². The van der Waals surface area contributed by atoms with Crippen molar-refractivity contribution in [1.29, 1.82) is 0 Å². The number of aliphatic carboxylic acids is 1. The van der Waals surface area contributed by atoms with E-state index >= 15 is 0 Å². The van der Waals surface area contributed by atoms with Gasteiger partial charge in [0.2, 0.25) is 0 Å². The zero-order valence-corrected chi connectivity index (χ0v) is 11.1. The minimum Gasteiger partial charge on any atom is -0.481 e. The lowest BCUT2D eigenvalue weighted by Crippen LogP contribution is -2.32. The second-order valence-electron chi connectivity index (χ2n) is 5.02. The molecule has 0 saturated heterocycles. The summed E-state index contributed by atoms with van der Waals surface area (Å²) in [4.78, 5) is 25.0. The van der Waals surface area contributed by atoms with Crippen molar-refractivity contribution >= 4 is 17.5 Å². The molecule has 1 heterocycles. The van der Waals surface area contributed by atoms with Gasteiger partial charge < -0.3 is 10.4 Å². The van der Waals surface area contributed by atoms with Crippen molar-refractivity contribution in [2.45, 2.75) is 39.2 Å². The molecule has 0 spiro atoms.